The number of aliphatic hydroxyl groups is 3. The average Bonchev–Trinajstić information content (AvgIpc) is 2.86. The molecule has 3 rings (SSSR count). The molecule has 0 radical (unpaired) electrons. The summed E-state index contributed by atoms with van der Waals surface area (Å²) in [6.45, 7) is 3.89. The molecule has 0 unspecified atom stereocenters. The first-order chi connectivity index (χ1) is 10.3. The van der Waals surface area contributed by atoms with Crippen LogP contribution < -0.4 is 4.74 Å². The summed E-state index contributed by atoms with van der Waals surface area (Å²) in [7, 11) is 0. The Morgan fingerprint density at radius 2 is 1.95 bits per heavy atom. The van der Waals surface area contributed by atoms with Gasteiger partial charge in [-0.25, -0.2) is 4.98 Å². The van der Waals surface area contributed by atoms with Gasteiger partial charge in [-0.2, -0.15) is 5.10 Å². The summed E-state index contributed by atoms with van der Waals surface area (Å²) < 4.78 is 4.82. The van der Waals surface area contributed by atoms with E-state index in [-0.39, 0.29) is 5.75 Å². The van der Waals surface area contributed by atoms with E-state index in [1.165, 1.54) is 6.07 Å². The van der Waals surface area contributed by atoms with Crippen LogP contribution in [0, 0.1) is 13.8 Å². The van der Waals surface area contributed by atoms with Crippen molar-refractivity contribution in [3.05, 3.63) is 41.6 Å². The lowest BCUT2D eigenvalue weighted by atomic mass is 10.00. The minimum Gasteiger partial charge on any atom is -0.414 e. The van der Waals surface area contributed by atoms with E-state index in [4.69, 9.17) is 20.1 Å². The number of ether oxygens (including phenoxy) is 1. The van der Waals surface area contributed by atoms with E-state index in [1.807, 2.05) is 32.0 Å². The number of nitrogens with one attached hydrogen (secondary N) is 1. The third kappa shape index (κ3) is 2.64. The van der Waals surface area contributed by atoms with Crippen LogP contribution in [0.15, 0.2) is 30.5 Å². The summed E-state index contributed by atoms with van der Waals surface area (Å²) in [6, 6.07) is 7.18. The molecule has 0 aliphatic rings. The Morgan fingerprint density at radius 1 is 1.18 bits per heavy atom. The minimum absolute atomic E-state index is 0.0259. The number of nitrogens with zero attached hydrogens (tertiary/aromatic N) is 2. The van der Waals surface area contributed by atoms with Crippen molar-refractivity contribution in [1.82, 2.24) is 15.2 Å². The topological polar surface area (TPSA) is 111 Å². The van der Waals surface area contributed by atoms with Gasteiger partial charge in [-0.1, -0.05) is 18.2 Å². The molecular weight excluding hydrogens is 286 g/mol. The molecule has 22 heavy (non-hydrogen) atoms. The Morgan fingerprint density at radius 3 is 2.68 bits per heavy atom. The molecule has 7 nitrogen and oxygen atoms in total. The monoisotopic (exact) mass is 301 g/mol. The fraction of sp³-hybridized carbons (Fsp3) is 0.200. The van der Waals surface area contributed by atoms with E-state index in [2.05, 4.69) is 15.2 Å². The lowest BCUT2D eigenvalue weighted by Gasteiger charge is -2.18. The molecule has 0 atom stereocenters. The van der Waals surface area contributed by atoms with Crippen LogP contribution in [-0.4, -0.2) is 36.7 Å². The van der Waals surface area contributed by atoms with Crippen LogP contribution in [0.3, 0.4) is 0 Å². The van der Waals surface area contributed by atoms with Crippen LogP contribution in [-0.2, 0) is 0 Å². The van der Waals surface area contributed by atoms with Crippen LogP contribution in [0.5, 0.6) is 5.75 Å². The van der Waals surface area contributed by atoms with Crippen molar-refractivity contribution in [3.63, 3.8) is 0 Å². The third-order valence-corrected chi connectivity index (χ3v) is 3.50. The van der Waals surface area contributed by atoms with Gasteiger partial charge in [0.1, 0.15) is 11.2 Å². The highest BCUT2D eigenvalue weighted by Gasteiger charge is 2.25. The van der Waals surface area contributed by atoms with Crippen LogP contribution in [0.4, 0.5) is 0 Å². The van der Waals surface area contributed by atoms with Crippen LogP contribution in [0.2, 0.25) is 0 Å². The van der Waals surface area contributed by atoms with Gasteiger partial charge in [0, 0.05) is 11.6 Å². The van der Waals surface area contributed by atoms with Gasteiger partial charge in [-0.15, -0.1) is 0 Å². The molecule has 0 saturated heterocycles. The molecule has 114 valence electrons. The first kappa shape index (κ1) is 14.5. The molecule has 0 bridgehead atoms. The minimum atomic E-state index is -3.29. The number of aromatic nitrogens is 3. The highest BCUT2D eigenvalue weighted by molar-refractivity contribution is 5.82. The number of H-pyrrole nitrogens is 1. The molecule has 0 saturated carbocycles. The quantitative estimate of drug-likeness (QED) is 0.541. The first-order valence-corrected chi connectivity index (χ1v) is 6.62. The molecule has 0 fully saturated rings. The summed E-state index contributed by atoms with van der Waals surface area (Å²) in [5.74, 6) is 0.0259. The largest absolute Gasteiger partial charge is 0.453 e. The van der Waals surface area contributed by atoms with Crippen LogP contribution >= 0.6 is 0 Å². The maximum atomic E-state index is 9.12. The SMILES string of the molecule is Cc1cccc(-c2nc3cn[nH]c3cc2OC(O)(O)O)c1C. The second-order valence-electron chi connectivity index (χ2n) is 5.06. The lowest BCUT2D eigenvalue weighted by Crippen LogP contribution is -2.34. The fourth-order valence-corrected chi connectivity index (χ4v) is 2.29. The standard InChI is InChI=1S/C15H15N3O4/c1-8-4-3-5-10(9(8)2)14-13(22-15(19,20)21)6-11-12(17-14)7-16-18-11/h3-7,19-21H,1-2H3,(H,16,18). The molecule has 1 aromatic carbocycles. The number of aromatic amines is 1. The highest BCUT2D eigenvalue weighted by Crippen LogP contribution is 2.34. The Bertz CT molecular complexity index is 836. The highest BCUT2D eigenvalue weighted by atomic mass is 16.9. The van der Waals surface area contributed by atoms with E-state index < -0.39 is 6.16 Å². The van der Waals surface area contributed by atoms with Crippen molar-refractivity contribution in [2.75, 3.05) is 0 Å². The molecule has 0 aliphatic heterocycles. The maximum absolute atomic E-state index is 9.12. The van der Waals surface area contributed by atoms with Crippen molar-refractivity contribution in [1.29, 1.82) is 0 Å². The van der Waals surface area contributed by atoms with E-state index in [1.54, 1.807) is 6.20 Å². The summed E-state index contributed by atoms with van der Waals surface area (Å²) in [5, 5.41) is 34.0. The molecule has 0 spiro atoms. The molecule has 4 N–H and O–H groups in total. The Hall–Kier alpha value is -2.48. The van der Waals surface area contributed by atoms with Crippen molar-refractivity contribution in [2.24, 2.45) is 0 Å². The van der Waals surface area contributed by atoms with Crippen molar-refractivity contribution >= 4 is 11.0 Å². The lowest BCUT2D eigenvalue weighted by molar-refractivity contribution is -0.419. The molecule has 2 aromatic heterocycles. The van der Waals surface area contributed by atoms with Crippen molar-refractivity contribution in [2.45, 2.75) is 20.0 Å². The second kappa shape index (κ2) is 5.06. The number of pyridine rings is 1. The maximum Gasteiger partial charge on any atom is 0.453 e. The third-order valence-electron chi connectivity index (χ3n) is 3.50. The molecule has 3 aromatic rings. The van der Waals surface area contributed by atoms with Gasteiger partial charge in [0.05, 0.1) is 11.7 Å². The summed E-state index contributed by atoms with van der Waals surface area (Å²) in [6.07, 6.45) is -1.74. The normalized spacial score (nSPS) is 11.9. The smallest absolute Gasteiger partial charge is 0.414 e. The van der Waals surface area contributed by atoms with Gasteiger partial charge in [0.15, 0.2) is 5.75 Å². The number of benzene rings is 1. The van der Waals surface area contributed by atoms with E-state index >= 15 is 0 Å². The van der Waals surface area contributed by atoms with Gasteiger partial charge in [0.2, 0.25) is 0 Å². The molecule has 7 heteroatoms. The van der Waals surface area contributed by atoms with Gasteiger partial charge < -0.3 is 20.1 Å². The average molecular weight is 301 g/mol. The second-order valence-corrected chi connectivity index (χ2v) is 5.06. The number of fused-ring (bicyclic) bond motifs is 1. The molecular formula is C15H15N3O4. The first-order valence-electron chi connectivity index (χ1n) is 6.62. The zero-order valence-electron chi connectivity index (χ0n) is 12.0. The number of hydrogen-bond acceptors (Lipinski definition) is 6. The summed E-state index contributed by atoms with van der Waals surface area (Å²) in [5.41, 5.74) is 4.33. The molecule has 0 amide bonds. The van der Waals surface area contributed by atoms with Crippen LogP contribution in [0.1, 0.15) is 11.1 Å². The number of rotatable bonds is 3. The summed E-state index contributed by atoms with van der Waals surface area (Å²) in [4.78, 5) is 4.44. The van der Waals surface area contributed by atoms with E-state index in [0.29, 0.717) is 16.7 Å². The number of hydrogen-bond donors (Lipinski definition) is 4. The van der Waals surface area contributed by atoms with Crippen LogP contribution in [0.25, 0.3) is 22.3 Å². The summed E-state index contributed by atoms with van der Waals surface area (Å²) >= 11 is 0. The zero-order chi connectivity index (χ0) is 15.9. The van der Waals surface area contributed by atoms with E-state index in [0.717, 1.165) is 16.7 Å². The van der Waals surface area contributed by atoms with Crippen molar-refractivity contribution in [3.8, 4) is 17.0 Å². The van der Waals surface area contributed by atoms with E-state index in [9.17, 15) is 0 Å². The predicted molar refractivity (Wildman–Crippen MR) is 78.8 cm³/mol. The van der Waals surface area contributed by atoms with Gasteiger partial charge in [0.25, 0.3) is 0 Å². The molecule has 0 aliphatic carbocycles. The molecule has 2 heterocycles. The van der Waals surface area contributed by atoms with Gasteiger partial charge >= 0.3 is 6.16 Å². The van der Waals surface area contributed by atoms with Gasteiger partial charge in [-0.3, -0.25) is 5.10 Å². The number of aryl methyl sites for hydroxylation is 1. The fourth-order valence-electron chi connectivity index (χ4n) is 2.29. The van der Waals surface area contributed by atoms with Gasteiger partial charge in [-0.05, 0) is 25.0 Å². The Kier molecular flexibility index (Phi) is 3.32. The zero-order valence-corrected chi connectivity index (χ0v) is 12.0. The predicted octanol–water partition coefficient (Wildman–Crippen LogP) is 1.21. The van der Waals surface area contributed by atoms with Crippen molar-refractivity contribution < 1.29 is 20.1 Å². The Labute approximate surface area is 125 Å². The Balaban J connectivity index is 2.25.